The first-order valence-electron chi connectivity index (χ1n) is 6.55. The molecule has 2 aromatic heterocycles. The van der Waals surface area contributed by atoms with Crippen molar-refractivity contribution in [3.05, 3.63) is 45.9 Å². The Morgan fingerprint density at radius 3 is 2.80 bits per heavy atom. The summed E-state index contributed by atoms with van der Waals surface area (Å²) in [5.74, 6) is 0.182. The third kappa shape index (κ3) is 3.17. The number of hydrogen-bond donors (Lipinski definition) is 2. The lowest BCUT2D eigenvalue weighted by Gasteiger charge is -2.21. The number of rotatable bonds is 4. The standard InChI is InChI=1S/C15H19N3OS/c1-9(2)14(13-5-4-6-20-13)18-15(19)12-7-11(16)8-17-10(12)3/h4-9,14H,16H2,1-3H3,(H,18,19). The molecule has 1 atom stereocenters. The van der Waals surface area contributed by atoms with Gasteiger partial charge in [0.05, 0.1) is 29.2 Å². The van der Waals surface area contributed by atoms with E-state index in [-0.39, 0.29) is 11.9 Å². The maximum Gasteiger partial charge on any atom is 0.253 e. The van der Waals surface area contributed by atoms with E-state index in [1.54, 1.807) is 23.6 Å². The van der Waals surface area contributed by atoms with Crippen molar-refractivity contribution in [3.63, 3.8) is 0 Å². The van der Waals surface area contributed by atoms with Crippen LogP contribution in [0.4, 0.5) is 5.69 Å². The van der Waals surface area contributed by atoms with Crippen LogP contribution in [0.15, 0.2) is 29.8 Å². The molecular formula is C15H19N3OS. The fourth-order valence-corrected chi connectivity index (χ4v) is 2.98. The molecule has 4 nitrogen and oxygen atoms in total. The smallest absolute Gasteiger partial charge is 0.253 e. The lowest BCUT2D eigenvalue weighted by molar-refractivity contribution is 0.0925. The zero-order chi connectivity index (χ0) is 14.7. The summed E-state index contributed by atoms with van der Waals surface area (Å²) in [5, 5.41) is 5.10. The van der Waals surface area contributed by atoms with Crippen molar-refractivity contribution in [1.82, 2.24) is 10.3 Å². The van der Waals surface area contributed by atoms with Crippen molar-refractivity contribution in [1.29, 1.82) is 0 Å². The van der Waals surface area contributed by atoms with Crippen molar-refractivity contribution in [3.8, 4) is 0 Å². The van der Waals surface area contributed by atoms with Crippen molar-refractivity contribution in [2.45, 2.75) is 26.8 Å². The first kappa shape index (κ1) is 14.5. The van der Waals surface area contributed by atoms with Gasteiger partial charge in [0.15, 0.2) is 0 Å². The maximum atomic E-state index is 12.4. The summed E-state index contributed by atoms with van der Waals surface area (Å²) in [4.78, 5) is 17.7. The van der Waals surface area contributed by atoms with Gasteiger partial charge in [0.1, 0.15) is 0 Å². The van der Waals surface area contributed by atoms with Crippen molar-refractivity contribution >= 4 is 22.9 Å². The van der Waals surface area contributed by atoms with Gasteiger partial charge in [-0.05, 0) is 30.4 Å². The average molecular weight is 289 g/mol. The van der Waals surface area contributed by atoms with E-state index in [1.165, 1.54) is 0 Å². The molecular weight excluding hydrogens is 270 g/mol. The molecule has 2 rings (SSSR count). The van der Waals surface area contributed by atoms with E-state index in [2.05, 4.69) is 24.1 Å². The number of amides is 1. The maximum absolute atomic E-state index is 12.4. The topological polar surface area (TPSA) is 68.0 Å². The zero-order valence-electron chi connectivity index (χ0n) is 11.9. The van der Waals surface area contributed by atoms with Crippen molar-refractivity contribution in [2.24, 2.45) is 5.92 Å². The average Bonchev–Trinajstić information content (AvgIpc) is 2.91. The van der Waals surface area contributed by atoms with Crippen LogP contribution >= 0.6 is 11.3 Å². The number of anilines is 1. The Balaban J connectivity index is 2.23. The number of thiophene rings is 1. The Kier molecular flexibility index (Phi) is 4.39. The molecule has 2 heterocycles. The fraction of sp³-hybridized carbons (Fsp3) is 0.333. The molecule has 0 aliphatic rings. The number of pyridine rings is 1. The van der Waals surface area contributed by atoms with Crippen LogP contribution in [0.5, 0.6) is 0 Å². The van der Waals surface area contributed by atoms with Crippen molar-refractivity contribution in [2.75, 3.05) is 5.73 Å². The highest BCUT2D eigenvalue weighted by Gasteiger charge is 2.21. The molecule has 0 saturated carbocycles. The van der Waals surface area contributed by atoms with Gasteiger partial charge >= 0.3 is 0 Å². The Morgan fingerprint density at radius 1 is 1.45 bits per heavy atom. The molecule has 3 N–H and O–H groups in total. The summed E-state index contributed by atoms with van der Waals surface area (Å²) < 4.78 is 0. The normalized spacial score (nSPS) is 12.4. The minimum absolute atomic E-state index is 0.00308. The number of nitrogen functional groups attached to an aromatic ring is 1. The molecule has 0 radical (unpaired) electrons. The van der Waals surface area contributed by atoms with Gasteiger partial charge in [-0.25, -0.2) is 0 Å². The number of nitrogens with two attached hydrogens (primary N) is 1. The molecule has 0 aliphatic carbocycles. The Hall–Kier alpha value is -1.88. The van der Waals surface area contributed by atoms with Gasteiger partial charge in [-0.2, -0.15) is 0 Å². The van der Waals surface area contributed by atoms with Crippen LogP contribution in [-0.4, -0.2) is 10.9 Å². The van der Waals surface area contributed by atoms with E-state index in [9.17, 15) is 4.79 Å². The molecule has 5 heteroatoms. The van der Waals surface area contributed by atoms with Gasteiger partial charge < -0.3 is 11.1 Å². The number of carbonyl (C=O) groups excluding carboxylic acids is 1. The van der Waals surface area contributed by atoms with Gasteiger partial charge in [-0.3, -0.25) is 9.78 Å². The van der Waals surface area contributed by atoms with Gasteiger partial charge in [0.2, 0.25) is 0 Å². The molecule has 0 fully saturated rings. The van der Waals surface area contributed by atoms with Crippen LogP contribution in [0.2, 0.25) is 0 Å². The molecule has 0 bridgehead atoms. The summed E-state index contributed by atoms with van der Waals surface area (Å²) in [6, 6.07) is 5.71. The summed E-state index contributed by atoms with van der Waals surface area (Å²) in [6.07, 6.45) is 1.56. The number of hydrogen-bond acceptors (Lipinski definition) is 4. The Bertz CT molecular complexity index is 593. The highest BCUT2D eigenvalue weighted by molar-refractivity contribution is 7.10. The van der Waals surface area contributed by atoms with E-state index < -0.39 is 0 Å². The molecule has 2 aromatic rings. The van der Waals surface area contributed by atoms with E-state index in [0.717, 1.165) is 4.88 Å². The number of nitrogens with one attached hydrogen (secondary N) is 1. The molecule has 1 amide bonds. The second kappa shape index (κ2) is 6.05. The van der Waals surface area contributed by atoms with Crippen LogP contribution in [0.1, 0.15) is 40.8 Å². The molecule has 20 heavy (non-hydrogen) atoms. The molecule has 0 saturated heterocycles. The fourth-order valence-electron chi connectivity index (χ4n) is 2.03. The molecule has 1 unspecified atom stereocenters. The van der Waals surface area contributed by atoms with E-state index >= 15 is 0 Å². The van der Waals surface area contributed by atoms with E-state index in [4.69, 9.17) is 5.73 Å². The number of carbonyl (C=O) groups is 1. The van der Waals surface area contributed by atoms with Crippen molar-refractivity contribution < 1.29 is 4.79 Å². The third-order valence-corrected chi connectivity index (χ3v) is 4.11. The van der Waals surface area contributed by atoms with Crippen LogP contribution in [-0.2, 0) is 0 Å². The summed E-state index contributed by atoms with van der Waals surface area (Å²) in [6.45, 7) is 5.99. The lowest BCUT2D eigenvalue weighted by Crippen LogP contribution is -2.31. The third-order valence-electron chi connectivity index (χ3n) is 3.16. The second-order valence-electron chi connectivity index (χ2n) is 5.11. The highest BCUT2D eigenvalue weighted by atomic mass is 32.1. The SMILES string of the molecule is Cc1ncc(N)cc1C(=O)NC(c1cccs1)C(C)C. The zero-order valence-corrected chi connectivity index (χ0v) is 12.7. The van der Waals surface area contributed by atoms with E-state index in [1.807, 2.05) is 24.4 Å². The minimum Gasteiger partial charge on any atom is -0.397 e. The predicted molar refractivity (Wildman–Crippen MR) is 82.8 cm³/mol. The van der Waals surface area contributed by atoms with E-state index in [0.29, 0.717) is 22.9 Å². The first-order chi connectivity index (χ1) is 9.49. The lowest BCUT2D eigenvalue weighted by atomic mass is 10.0. The highest BCUT2D eigenvalue weighted by Crippen LogP contribution is 2.26. The first-order valence-corrected chi connectivity index (χ1v) is 7.43. The summed E-state index contributed by atoms with van der Waals surface area (Å²) in [5.41, 5.74) is 7.43. The summed E-state index contributed by atoms with van der Waals surface area (Å²) >= 11 is 1.65. The largest absolute Gasteiger partial charge is 0.397 e. The van der Waals surface area contributed by atoms with Crippen LogP contribution in [0.3, 0.4) is 0 Å². The van der Waals surface area contributed by atoms with Crippen LogP contribution in [0, 0.1) is 12.8 Å². The predicted octanol–water partition coefficient (Wildman–Crippen LogP) is 3.16. The van der Waals surface area contributed by atoms with Gasteiger partial charge in [-0.15, -0.1) is 11.3 Å². The quantitative estimate of drug-likeness (QED) is 0.908. The summed E-state index contributed by atoms with van der Waals surface area (Å²) in [7, 11) is 0. The van der Waals surface area contributed by atoms with Gasteiger partial charge in [0.25, 0.3) is 5.91 Å². The molecule has 106 valence electrons. The Morgan fingerprint density at radius 2 is 2.20 bits per heavy atom. The minimum atomic E-state index is -0.130. The molecule has 0 aliphatic heterocycles. The van der Waals surface area contributed by atoms with Crippen LogP contribution in [0.25, 0.3) is 0 Å². The van der Waals surface area contributed by atoms with Crippen LogP contribution < -0.4 is 11.1 Å². The van der Waals surface area contributed by atoms with Gasteiger partial charge in [0, 0.05) is 4.88 Å². The second-order valence-corrected chi connectivity index (χ2v) is 6.09. The Labute approximate surface area is 123 Å². The number of aryl methyl sites for hydroxylation is 1. The molecule has 0 spiro atoms. The monoisotopic (exact) mass is 289 g/mol. The number of nitrogens with zero attached hydrogens (tertiary/aromatic N) is 1. The molecule has 0 aromatic carbocycles. The number of aromatic nitrogens is 1. The van der Waals surface area contributed by atoms with Gasteiger partial charge in [-0.1, -0.05) is 19.9 Å².